The summed E-state index contributed by atoms with van der Waals surface area (Å²) in [5, 5.41) is 2.35. The van der Waals surface area contributed by atoms with E-state index in [2.05, 4.69) is 10.1 Å². The van der Waals surface area contributed by atoms with Crippen molar-refractivity contribution in [3.8, 4) is 0 Å². The summed E-state index contributed by atoms with van der Waals surface area (Å²) in [4.78, 5) is 11.3. The summed E-state index contributed by atoms with van der Waals surface area (Å²) in [5.74, 6) is -1.97. The fourth-order valence-electron chi connectivity index (χ4n) is 1.54. The predicted octanol–water partition coefficient (Wildman–Crippen LogP) is 2.59. The third-order valence-electron chi connectivity index (χ3n) is 2.50. The van der Waals surface area contributed by atoms with Crippen molar-refractivity contribution in [3.05, 3.63) is 35.4 Å². The third kappa shape index (κ3) is 7.03. The smallest absolute Gasteiger partial charge is 0.372 e. The molecule has 0 fully saturated rings. The molecule has 1 N–H and O–H groups in total. The van der Waals surface area contributed by atoms with Crippen molar-refractivity contribution in [1.82, 2.24) is 5.32 Å². The molecule has 0 heterocycles. The molecule has 1 aromatic carbocycles. The van der Waals surface area contributed by atoms with E-state index in [0.29, 0.717) is 0 Å². The third-order valence-corrected chi connectivity index (χ3v) is 2.50. The van der Waals surface area contributed by atoms with Gasteiger partial charge in [-0.15, -0.1) is 0 Å². The SMILES string of the molecule is O=C(CCOCC(F)(F)F)NCCc1c(F)cccc1F. The van der Waals surface area contributed by atoms with E-state index in [4.69, 9.17) is 0 Å². The van der Waals surface area contributed by atoms with Crippen molar-refractivity contribution in [2.45, 2.75) is 19.0 Å². The molecule has 0 unspecified atom stereocenters. The molecule has 0 aliphatic heterocycles. The number of alkyl halides is 3. The Kier molecular flexibility index (Phi) is 6.54. The summed E-state index contributed by atoms with van der Waals surface area (Å²) in [6, 6.07) is 3.43. The van der Waals surface area contributed by atoms with Crippen LogP contribution < -0.4 is 5.32 Å². The molecule has 0 saturated heterocycles. The minimum Gasteiger partial charge on any atom is -0.372 e. The Morgan fingerprint density at radius 3 is 2.38 bits per heavy atom. The van der Waals surface area contributed by atoms with Crippen LogP contribution in [0.1, 0.15) is 12.0 Å². The molecule has 1 aromatic rings. The Balaban J connectivity index is 2.22. The highest BCUT2D eigenvalue weighted by molar-refractivity contribution is 5.75. The Labute approximate surface area is 118 Å². The number of carbonyl (C=O) groups is 1. The second kappa shape index (κ2) is 7.92. The zero-order chi connectivity index (χ0) is 15.9. The maximum absolute atomic E-state index is 13.3. The van der Waals surface area contributed by atoms with Gasteiger partial charge < -0.3 is 10.1 Å². The highest BCUT2D eigenvalue weighted by atomic mass is 19.4. The Hall–Kier alpha value is -1.70. The first kappa shape index (κ1) is 17.4. The molecule has 0 radical (unpaired) electrons. The van der Waals surface area contributed by atoms with Gasteiger partial charge in [-0.05, 0) is 18.6 Å². The van der Waals surface area contributed by atoms with Crippen LogP contribution in [0.4, 0.5) is 22.0 Å². The molecule has 0 atom stereocenters. The molecule has 8 heteroatoms. The van der Waals surface area contributed by atoms with Gasteiger partial charge in [0.25, 0.3) is 0 Å². The number of carbonyl (C=O) groups excluding carboxylic acids is 1. The Morgan fingerprint density at radius 1 is 1.19 bits per heavy atom. The van der Waals surface area contributed by atoms with Crippen molar-refractivity contribution < 1.29 is 31.5 Å². The van der Waals surface area contributed by atoms with Crippen LogP contribution in [0.2, 0.25) is 0 Å². The fourth-order valence-corrected chi connectivity index (χ4v) is 1.54. The molecule has 0 aliphatic rings. The summed E-state index contributed by atoms with van der Waals surface area (Å²) in [6.07, 6.45) is -4.73. The summed E-state index contributed by atoms with van der Waals surface area (Å²) in [6.45, 7) is -1.81. The zero-order valence-electron chi connectivity index (χ0n) is 11.0. The number of hydrogen-bond acceptors (Lipinski definition) is 2. The van der Waals surface area contributed by atoms with E-state index in [1.54, 1.807) is 0 Å². The Morgan fingerprint density at radius 2 is 1.81 bits per heavy atom. The molecule has 1 amide bonds. The van der Waals surface area contributed by atoms with Crippen molar-refractivity contribution in [2.75, 3.05) is 19.8 Å². The molecular formula is C13H14F5NO2. The van der Waals surface area contributed by atoms with Crippen molar-refractivity contribution >= 4 is 5.91 Å². The molecule has 0 bridgehead atoms. The average molecular weight is 311 g/mol. The minimum atomic E-state index is -4.43. The number of amides is 1. The number of halogens is 5. The molecule has 0 aliphatic carbocycles. The van der Waals surface area contributed by atoms with Crippen molar-refractivity contribution in [2.24, 2.45) is 0 Å². The lowest BCUT2D eigenvalue weighted by Gasteiger charge is -2.08. The standard InChI is InChI=1S/C13H14F5NO2/c14-10-2-1-3-11(15)9(10)4-6-19-12(20)5-7-21-8-13(16,17)18/h1-3H,4-8H2,(H,19,20). The quantitative estimate of drug-likeness (QED) is 0.621. The zero-order valence-corrected chi connectivity index (χ0v) is 11.0. The van der Waals surface area contributed by atoms with Crippen LogP contribution in [0, 0.1) is 11.6 Å². The van der Waals surface area contributed by atoms with Crippen LogP contribution in [0.3, 0.4) is 0 Å². The average Bonchev–Trinajstić information content (AvgIpc) is 2.37. The fraction of sp³-hybridized carbons (Fsp3) is 0.462. The monoisotopic (exact) mass is 311 g/mol. The number of hydrogen-bond donors (Lipinski definition) is 1. The molecule has 0 aromatic heterocycles. The second-order valence-corrected chi connectivity index (χ2v) is 4.22. The van der Waals surface area contributed by atoms with E-state index < -0.39 is 30.3 Å². The lowest BCUT2D eigenvalue weighted by atomic mass is 10.1. The van der Waals surface area contributed by atoms with E-state index in [1.165, 1.54) is 6.07 Å². The predicted molar refractivity (Wildman–Crippen MR) is 64.6 cm³/mol. The summed E-state index contributed by atoms with van der Waals surface area (Å²) >= 11 is 0. The van der Waals surface area contributed by atoms with E-state index in [0.717, 1.165) is 12.1 Å². The normalized spacial score (nSPS) is 11.5. The first-order valence-corrected chi connectivity index (χ1v) is 6.13. The number of nitrogens with one attached hydrogen (secondary N) is 1. The maximum Gasteiger partial charge on any atom is 0.411 e. The largest absolute Gasteiger partial charge is 0.411 e. The highest BCUT2D eigenvalue weighted by Gasteiger charge is 2.27. The summed E-state index contributed by atoms with van der Waals surface area (Å²) in [7, 11) is 0. The van der Waals surface area contributed by atoms with Crippen molar-refractivity contribution in [1.29, 1.82) is 0 Å². The lowest BCUT2D eigenvalue weighted by Crippen LogP contribution is -2.27. The molecule has 3 nitrogen and oxygen atoms in total. The molecule has 0 spiro atoms. The van der Waals surface area contributed by atoms with Gasteiger partial charge in [-0.2, -0.15) is 13.2 Å². The van der Waals surface area contributed by atoms with E-state index in [-0.39, 0.29) is 31.6 Å². The van der Waals surface area contributed by atoms with Gasteiger partial charge >= 0.3 is 6.18 Å². The summed E-state index contributed by atoms with van der Waals surface area (Å²) in [5.41, 5.74) is -0.147. The number of ether oxygens (including phenoxy) is 1. The lowest BCUT2D eigenvalue weighted by molar-refractivity contribution is -0.174. The molecule has 118 valence electrons. The van der Waals surface area contributed by atoms with E-state index >= 15 is 0 Å². The van der Waals surface area contributed by atoms with Gasteiger partial charge in [0, 0.05) is 18.5 Å². The van der Waals surface area contributed by atoms with Gasteiger partial charge in [0.05, 0.1) is 6.61 Å². The van der Waals surface area contributed by atoms with Crippen LogP contribution in [-0.4, -0.2) is 31.8 Å². The van der Waals surface area contributed by atoms with Gasteiger partial charge in [-0.1, -0.05) is 6.07 Å². The first-order valence-electron chi connectivity index (χ1n) is 6.13. The van der Waals surface area contributed by atoms with Crippen molar-refractivity contribution in [3.63, 3.8) is 0 Å². The van der Waals surface area contributed by atoms with Crippen LogP contribution in [-0.2, 0) is 16.0 Å². The van der Waals surface area contributed by atoms with Gasteiger partial charge in [-0.3, -0.25) is 4.79 Å². The van der Waals surface area contributed by atoms with Gasteiger partial charge in [-0.25, -0.2) is 8.78 Å². The van der Waals surface area contributed by atoms with Gasteiger partial charge in [0.2, 0.25) is 5.91 Å². The van der Waals surface area contributed by atoms with E-state index in [9.17, 15) is 26.7 Å². The summed E-state index contributed by atoms with van der Waals surface area (Å²) < 4.78 is 66.0. The molecule has 0 saturated carbocycles. The molecule has 1 rings (SSSR count). The highest BCUT2D eigenvalue weighted by Crippen LogP contribution is 2.14. The van der Waals surface area contributed by atoms with Crippen LogP contribution in [0.15, 0.2) is 18.2 Å². The van der Waals surface area contributed by atoms with Crippen LogP contribution in [0.25, 0.3) is 0 Å². The number of benzene rings is 1. The maximum atomic E-state index is 13.3. The topological polar surface area (TPSA) is 38.3 Å². The van der Waals surface area contributed by atoms with Crippen LogP contribution >= 0.6 is 0 Å². The Bertz CT molecular complexity index is 456. The van der Waals surface area contributed by atoms with Crippen LogP contribution in [0.5, 0.6) is 0 Å². The minimum absolute atomic E-state index is 0.0179. The molecule has 21 heavy (non-hydrogen) atoms. The van der Waals surface area contributed by atoms with Gasteiger partial charge in [0.1, 0.15) is 18.2 Å². The second-order valence-electron chi connectivity index (χ2n) is 4.22. The van der Waals surface area contributed by atoms with E-state index in [1.807, 2.05) is 0 Å². The molecular weight excluding hydrogens is 297 g/mol. The van der Waals surface area contributed by atoms with Gasteiger partial charge in [0.15, 0.2) is 0 Å². The first-order chi connectivity index (χ1) is 9.79. The number of rotatable bonds is 7.